The molecule has 20 heavy (non-hydrogen) atoms. The third-order valence-corrected chi connectivity index (χ3v) is 4.98. The molecule has 0 aliphatic carbocycles. The molecular weight excluding hydrogens is 345 g/mol. The number of anilines is 1. The van der Waals surface area contributed by atoms with Crippen molar-refractivity contribution in [3.05, 3.63) is 57.8 Å². The monoisotopic (exact) mass is 357 g/mol. The summed E-state index contributed by atoms with van der Waals surface area (Å²) >= 11 is 3.13. The minimum Gasteiger partial charge on any atom is -0.278 e. The second-order valence-corrected chi connectivity index (χ2v) is 7.01. The maximum atomic E-state index is 13.0. The summed E-state index contributed by atoms with van der Waals surface area (Å²) in [5.41, 5.74) is 2.21. The van der Waals surface area contributed by atoms with Crippen molar-refractivity contribution < 1.29 is 12.8 Å². The van der Waals surface area contributed by atoms with Gasteiger partial charge < -0.3 is 0 Å². The van der Waals surface area contributed by atoms with Crippen LogP contribution in [0.5, 0.6) is 0 Å². The van der Waals surface area contributed by atoms with E-state index in [0.717, 1.165) is 11.1 Å². The Bertz CT molecular complexity index is 760. The van der Waals surface area contributed by atoms with Crippen molar-refractivity contribution >= 4 is 31.6 Å². The standard InChI is InChI=1S/C14H13BrFNO2S/c1-9-3-5-12(7-10(9)2)20(18,19)17-14-6-4-11(16)8-13(14)15/h3-8,17H,1-2H3. The Labute approximate surface area is 126 Å². The molecular formula is C14H13BrFNO2S. The number of benzene rings is 2. The first kappa shape index (κ1) is 15.0. The molecule has 0 saturated heterocycles. The minimum absolute atomic E-state index is 0.178. The molecule has 106 valence electrons. The van der Waals surface area contributed by atoms with Gasteiger partial charge in [0.15, 0.2) is 0 Å². The Morgan fingerprint density at radius 2 is 1.75 bits per heavy atom. The highest BCUT2D eigenvalue weighted by molar-refractivity contribution is 9.10. The van der Waals surface area contributed by atoms with E-state index in [2.05, 4.69) is 20.7 Å². The third kappa shape index (κ3) is 3.19. The lowest BCUT2D eigenvalue weighted by atomic mass is 10.1. The highest BCUT2D eigenvalue weighted by Crippen LogP contribution is 2.26. The van der Waals surface area contributed by atoms with Gasteiger partial charge in [0.05, 0.1) is 10.6 Å². The predicted octanol–water partition coefficient (Wildman–Crippen LogP) is 4.01. The molecule has 2 rings (SSSR count). The summed E-state index contributed by atoms with van der Waals surface area (Å²) in [7, 11) is -3.69. The fourth-order valence-corrected chi connectivity index (χ4v) is 3.40. The highest BCUT2D eigenvalue weighted by Gasteiger charge is 2.16. The van der Waals surface area contributed by atoms with Gasteiger partial charge in [-0.1, -0.05) is 6.07 Å². The maximum absolute atomic E-state index is 13.0. The molecule has 0 unspecified atom stereocenters. The van der Waals surface area contributed by atoms with Gasteiger partial charge in [0.2, 0.25) is 0 Å². The van der Waals surface area contributed by atoms with Gasteiger partial charge in [-0.05, 0) is 71.2 Å². The van der Waals surface area contributed by atoms with E-state index in [9.17, 15) is 12.8 Å². The van der Waals surface area contributed by atoms with E-state index in [0.29, 0.717) is 10.2 Å². The molecule has 0 heterocycles. The van der Waals surface area contributed by atoms with Crippen molar-refractivity contribution in [3.8, 4) is 0 Å². The van der Waals surface area contributed by atoms with E-state index < -0.39 is 15.8 Å². The first-order valence-corrected chi connectivity index (χ1v) is 8.12. The van der Waals surface area contributed by atoms with Crippen molar-refractivity contribution in [1.82, 2.24) is 0 Å². The lowest BCUT2D eigenvalue weighted by Crippen LogP contribution is -2.13. The highest BCUT2D eigenvalue weighted by atomic mass is 79.9. The van der Waals surface area contributed by atoms with Gasteiger partial charge in [-0.25, -0.2) is 12.8 Å². The molecule has 0 aliphatic rings. The number of sulfonamides is 1. The number of aryl methyl sites for hydroxylation is 2. The van der Waals surface area contributed by atoms with E-state index in [1.54, 1.807) is 18.2 Å². The lowest BCUT2D eigenvalue weighted by Gasteiger charge is -2.11. The van der Waals surface area contributed by atoms with E-state index in [1.165, 1.54) is 18.2 Å². The molecule has 0 bridgehead atoms. The summed E-state index contributed by atoms with van der Waals surface area (Å²) < 4.78 is 40.3. The molecule has 0 aromatic heterocycles. The second kappa shape index (κ2) is 5.54. The lowest BCUT2D eigenvalue weighted by molar-refractivity contribution is 0.601. The summed E-state index contributed by atoms with van der Waals surface area (Å²) in [6, 6.07) is 8.68. The number of hydrogen-bond donors (Lipinski definition) is 1. The van der Waals surface area contributed by atoms with Crippen LogP contribution in [0.4, 0.5) is 10.1 Å². The van der Waals surface area contributed by atoms with Gasteiger partial charge in [-0.2, -0.15) is 0 Å². The summed E-state index contributed by atoms with van der Waals surface area (Å²) in [6.07, 6.45) is 0. The Kier molecular flexibility index (Phi) is 4.15. The predicted molar refractivity (Wildman–Crippen MR) is 80.8 cm³/mol. The SMILES string of the molecule is Cc1ccc(S(=O)(=O)Nc2ccc(F)cc2Br)cc1C. The van der Waals surface area contributed by atoms with Gasteiger partial charge in [0.1, 0.15) is 5.82 Å². The Morgan fingerprint density at radius 3 is 2.35 bits per heavy atom. The fourth-order valence-electron chi connectivity index (χ4n) is 1.66. The van der Waals surface area contributed by atoms with Gasteiger partial charge in [-0.15, -0.1) is 0 Å². The number of nitrogens with one attached hydrogen (secondary N) is 1. The molecule has 2 aromatic rings. The van der Waals surface area contributed by atoms with Crippen LogP contribution >= 0.6 is 15.9 Å². The molecule has 6 heteroatoms. The zero-order valence-electron chi connectivity index (χ0n) is 10.9. The smallest absolute Gasteiger partial charge is 0.261 e. The molecule has 0 atom stereocenters. The van der Waals surface area contributed by atoms with E-state index in [4.69, 9.17) is 0 Å². The van der Waals surface area contributed by atoms with E-state index in [1.807, 2.05) is 13.8 Å². The molecule has 2 aromatic carbocycles. The van der Waals surface area contributed by atoms with Crippen LogP contribution in [0.1, 0.15) is 11.1 Å². The average Bonchev–Trinajstić information content (AvgIpc) is 2.36. The minimum atomic E-state index is -3.69. The van der Waals surface area contributed by atoms with Crippen LogP contribution < -0.4 is 4.72 Å². The molecule has 0 amide bonds. The second-order valence-electron chi connectivity index (χ2n) is 4.48. The fraction of sp³-hybridized carbons (Fsp3) is 0.143. The van der Waals surface area contributed by atoms with Crippen LogP contribution in [0.25, 0.3) is 0 Å². The molecule has 0 aliphatic heterocycles. The molecule has 3 nitrogen and oxygen atoms in total. The van der Waals surface area contributed by atoms with E-state index >= 15 is 0 Å². The summed E-state index contributed by atoms with van der Waals surface area (Å²) in [5, 5.41) is 0. The Hall–Kier alpha value is -1.40. The maximum Gasteiger partial charge on any atom is 0.261 e. The normalized spacial score (nSPS) is 11.4. The van der Waals surface area contributed by atoms with Gasteiger partial charge >= 0.3 is 0 Å². The van der Waals surface area contributed by atoms with Crippen LogP contribution in [0, 0.1) is 19.7 Å². The summed E-state index contributed by atoms with van der Waals surface area (Å²) in [5.74, 6) is -0.439. The summed E-state index contributed by atoms with van der Waals surface area (Å²) in [4.78, 5) is 0.178. The Morgan fingerprint density at radius 1 is 1.05 bits per heavy atom. The van der Waals surface area contributed by atoms with Crippen LogP contribution in [0.3, 0.4) is 0 Å². The van der Waals surface area contributed by atoms with Gasteiger partial charge in [0, 0.05) is 4.47 Å². The van der Waals surface area contributed by atoms with Crippen LogP contribution in [0.2, 0.25) is 0 Å². The van der Waals surface area contributed by atoms with Crippen molar-refractivity contribution in [2.45, 2.75) is 18.7 Å². The number of hydrogen-bond acceptors (Lipinski definition) is 2. The third-order valence-electron chi connectivity index (χ3n) is 2.96. The largest absolute Gasteiger partial charge is 0.278 e. The molecule has 0 spiro atoms. The quantitative estimate of drug-likeness (QED) is 0.901. The van der Waals surface area contributed by atoms with Crippen molar-refractivity contribution in [2.24, 2.45) is 0 Å². The van der Waals surface area contributed by atoms with Crippen LogP contribution in [-0.2, 0) is 10.0 Å². The van der Waals surface area contributed by atoms with Crippen molar-refractivity contribution in [1.29, 1.82) is 0 Å². The van der Waals surface area contributed by atoms with Crippen molar-refractivity contribution in [2.75, 3.05) is 4.72 Å². The molecule has 1 N–H and O–H groups in total. The van der Waals surface area contributed by atoms with Crippen molar-refractivity contribution in [3.63, 3.8) is 0 Å². The average molecular weight is 358 g/mol. The first-order valence-electron chi connectivity index (χ1n) is 5.85. The van der Waals surface area contributed by atoms with Crippen LogP contribution in [-0.4, -0.2) is 8.42 Å². The zero-order valence-corrected chi connectivity index (χ0v) is 13.3. The van der Waals surface area contributed by atoms with Crippen LogP contribution in [0.15, 0.2) is 45.8 Å². The van der Waals surface area contributed by atoms with Gasteiger partial charge in [0.25, 0.3) is 10.0 Å². The summed E-state index contributed by atoms with van der Waals surface area (Å²) in [6.45, 7) is 3.76. The number of rotatable bonds is 3. The van der Waals surface area contributed by atoms with Gasteiger partial charge in [-0.3, -0.25) is 4.72 Å². The first-order chi connectivity index (χ1) is 9.29. The molecule has 0 saturated carbocycles. The molecule has 0 fully saturated rings. The molecule has 0 radical (unpaired) electrons. The topological polar surface area (TPSA) is 46.2 Å². The number of halogens is 2. The zero-order chi connectivity index (χ0) is 14.9. The Balaban J connectivity index is 2.38. The van der Waals surface area contributed by atoms with E-state index in [-0.39, 0.29) is 4.90 Å².